The average molecular weight is 351 g/mol. The number of rotatable bonds is 6. The molecule has 7 heteroatoms. The Morgan fingerprint density at radius 3 is 2.52 bits per heavy atom. The van der Waals surface area contributed by atoms with Crippen LogP contribution in [0.1, 0.15) is 17.3 Å². The molecule has 0 saturated carbocycles. The molecule has 0 aliphatic carbocycles. The van der Waals surface area contributed by atoms with Gasteiger partial charge in [0.05, 0.1) is 19.5 Å². The Kier molecular flexibility index (Phi) is 6.06. The number of methoxy groups -OCH3 is 1. The number of anilines is 1. The van der Waals surface area contributed by atoms with Crippen molar-refractivity contribution < 1.29 is 19.1 Å². The Morgan fingerprint density at radius 2 is 1.96 bits per heavy atom. The number of ether oxygens (including phenoxy) is 2. The first kappa shape index (κ1) is 17.4. The van der Waals surface area contributed by atoms with Gasteiger partial charge in [-0.2, -0.15) is 12.6 Å². The number of nitrogens with one attached hydrogen (secondary N) is 1. The lowest BCUT2D eigenvalue weighted by Gasteiger charge is -2.08. The van der Waals surface area contributed by atoms with E-state index in [0.717, 1.165) is 11.3 Å². The molecule has 23 heavy (non-hydrogen) atoms. The van der Waals surface area contributed by atoms with E-state index in [-0.39, 0.29) is 18.3 Å². The molecule has 1 amide bonds. The van der Waals surface area contributed by atoms with Crippen LogP contribution in [0, 0.1) is 0 Å². The molecule has 0 fully saturated rings. The standard InChI is InChI=1S/C16H17NO4S2/c1-3-21-16(19)14-12(9-23-15(14)17-13(18)8-22)10-4-6-11(20-2)7-5-10/h4-7,9,22H,3,8H2,1-2H3,(H,17,18). The molecule has 2 rings (SSSR count). The monoisotopic (exact) mass is 351 g/mol. The number of hydrogen-bond acceptors (Lipinski definition) is 6. The van der Waals surface area contributed by atoms with Crippen LogP contribution in [-0.2, 0) is 9.53 Å². The Bertz CT molecular complexity index is 695. The van der Waals surface area contributed by atoms with Crippen LogP contribution in [0.15, 0.2) is 29.6 Å². The van der Waals surface area contributed by atoms with Crippen LogP contribution < -0.4 is 10.1 Å². The third-order valence-electron chi connectivity index (χ3n) is 3.07. The highest BCUT2D eigenvalue weighted by atomic mass is 32.1. The largest absolute Gasteiger partial charge is 0.497 e. The van der Waals surface area contributed by atoms with Gasteiger partial charge in [0.25, 0.3) is 0 Å². The summed E-state index contributed by atoms with van der Waals surface area (Å²) in [6.45, 7) is 2.00. The van der Waals surface area contributed by atoms with Gasteiger partial charge < -0.3 is 14.8 Å². The second-order valence-corrected chi connectivity index (χ2v) is 5.70. The molecule has 0 atom stereocenters. The summed E-state index contributed by atoms with van der Waals surface area (Å²) < 4.78 is 10.3. The minimum atomic E-state index is -0.464. The number of carbonyl (C=O) groups excluding carboxylic acids is 2. The third kappa shape index (κ3) is 4.05. The first-order valence-corrected chi connectivity index (χ1v) is 8.45. The van der Waals surface area contributed by atoms with Gasteiger partial charge in [-0.3, -0.25) is 4.79 Å². The molecule has 0 saturated heterocycles. The van der Waals surface area contributed by atoms with Crippen LogP contribution in [-0.4, -0.2) is 31.3 Å². The molecule has 1 aromatic carbocycles. The van der Waals surface area contributed by atoms with Crippen molar-refractivity contribution in [3.05, 3.63) is 35.2 Å². The van der Waals surface area contributed by atoms with Crippen LogP contribution >= 0.6 is 24.0 Å². The van der Waals surface area contributed by atoms with E-state index in [1.807, 2.05) is 29.6 Å². The van der Waals surface area contributed by atoms with Crippen molar-refractivity contribution in [1.82, 2.24) is 0 Å². The van der Waals surface area contributed by atoms with Gasteiger partial charge in [-0.25, -0.2) is 4.79 Å². The van der Waals surface area contributed by atoms with Gasteiger partial charge in [0, 0.05) is 10.9 Å². The van der Waals surface area contributed by atoms with Crippen LogP contribution in [0.2, 0.25) is 0 Å². The Balaban J connectivity index is 2.45. The molecule has 1 heterocycles. The minimum Gasteiger partial charge on any atom is -0.497 e. The first-order chi connectivity index (χ1) is 11.1. The summed E-state index contributed by atoms with van der Waals surface area (Å²) in [5.41, 5.74) is 1.92. The van der Waals surface area contributed by atoms with Gasteiger partial charge in [0.2, 0.25) is 5.91 Å². The summed E-state index contributed by atoms with van der Waals surface area (Å²) in [7, 11) is 1.59. The summed E-state index contributed by atoms with van der Waals surface area (Å²) >= 11 is 5.22. The number of hydrogen-bond donors (Lipinski definition) is 2. The summed E-state index contributed by atoms with van der Waals surface area (Å²) in [6.07, 6.45) is 0. The lowest BCUT2D eigenvalue weighted by Crippen LogP contribution is -2.15. The second-order valence-electron chi connectivity index (χ2n) is 4.51. The lowest BCUT2D eigenvalue weighted by molar-refractivity contribution is -0.113. The van der Waals surface area contributed by atoms with E-state index in [9.17, 15) is 9.59 Å². The molecule has 0 bridgehead atoms. The van der Waals surface area contributed by atoms with Gasteiger partial charge in [-0.1, -0.05) is 12.1 Å². The second kappa shape index (κ2) is 8.03. The fraction of sp³-hybridized carbons (Fsp3) is 0.250. The highest BCUT2D eigenvalue weighted by molar-refractivity contribution is 7.81. The molecular formula is C16H17NO4S2. The molecule has 2 aromatic rings. The quantitative estimate of drug-likeness (QED) is 0.618. The van der Waals surface area contributed by atoms with Gasteiger partial charge in [0.1, 0.15) is 16.3 Å². The Hall–Kier alpha value is -1.99. The van der Waals surface area contributed by atoms with Crippen molar-refractivity contribution in [2.45, 2.75) is 6.92 Å². The lowest BCUT2D eigenvalue weighted by atomic mass is 10.0. The maximum Gasteiger partial charge on any atom is 0.341 e. The van der Waals surface area contributed by atoms with E-state index in [1.165, 1.54) is 11.3 Å². The van der Waals surface area contributed by atoms with Crippen molar-refractivity contribution in [2.75, 3.05) is 24.8 Å². The van der Waals surface area contributed by atoms with Crippen molar-refractivity contribution in [3.8, 4) is 16.9 Å². The summed E-state index contributed by atoms with van der Waals surface area (Å²) in [6, 6.07) is 7.34. The molecule has 5 nitrogen and oxygen atoms in total. The molecule has 1 N–H and O–H groups in total. The molecule has 0 spiro atoms. The number of benzene rings is 1. The highest BCUT2D eigenvalue weighted by Gasteiger charge is 2.22. The Morgan fingerprint density at radius 1 is 1.26 bits per heavy atom. The normalized spacial score (nSPS) is 10.2. The van der Waals surface area contributed by atoms with Crippen LogP contribution in [0.4, 0.5) is 5.00 Å². The molecule has 122 valence electrons. The summed E-state index contributed by atoms with van der Waals surface area (Å²) in [4.78, 5) is 23.9. The van der Waals surface area contributed by atoms with Gasteiger partial charge in [0.15, 0.2) is 0 Å². The number of amides is 1. The van der Waals surface area contributed by atoms with E-state index in [1.54, 1.807) is 14.0 Å². The zero-order valence-corrected chi connectivity index (χ0v) is 14.5. The van der Waals surface area contributed by atoms with E-state index in [0.29, 0.717) is 16.1 Å². The maximum atomic E-state index is 12.3. The molecular weight excluding hydrogens is 334 g/mol. The van der Waals surface area contributed by atoms with Crippen molar-refractivity contribution in [1.29, 1.82) is 0 Å². The van der Waals surface area contributed by atoms with Crippen LogP contribution in [0.3, 0.4) is 0 Å². The van der Waals surface area contributed by atoms with Crippen molar-refractivity contribution in [2.24, 2.45) is 0 Å². The van der Waals surface area contributed by atoms with Crippen LogP contribution in [0.25, 0.3) is 11.1 Å². The summed E-state index contributed by atoms with van der Waals surface area (Å²) in [5, 5.41) is 4.98. The van der Waals surface area contributed by atoms with E-state index in [2.05, 4.69) is 17.9 Å². The fourth-order valence-electron chi connectivity index (χ4n) is 2.01. The van der Waals surface area contributed by atoms with E-state index < -0.39 is 5.97 Å². The predicted octanol–water partition coefficient (Wildman–Crippen LogP) is 3.47. The number of thiophene rings is 1. The van der Waals surface area contributed by atoms with Crippen molar-refractivity contribution >= 4 is 40.8 Å². The average Bonchev–Trinajstić information content (AvgIpc) is 2.98. The van der Waals surface area contributed by atoms with Gasteiger partial charge in [-0.15, -0.1) is 11.3 Å². The highest BCUT2D eigenvalue weighted by Crippen LogP contribution is 2.36. The van der Waals surface area contributed by atoms with Gasteiger partial charge >= 0.3 is 5.97 Å². The van der Waals surface area contributed by atoms with E-state index in [4.69, 9.17) is 9.47 Å². The Labute approximate surface area is 144 Å². The number of esters is 1. The van der Waals surface area contributed by atoms with Gasteiger partial charge in [-0.05, 0) is 24.6 Å². The first-order valence-electron chi connectivity index (χ1n) is 6.94. The fourth-order valence-corrected chi connectivity index (χ4v) is 3.06. The molecule has 0 unspecified atom stereocenters. The van der Waals surface area contributed by atoms with E-state index >= 15 is 0 Å². The molecule has 0 radical (unpaired) electrons. The zero-order chi connectivity index (χ0) is 16.8. The number of thiol groups is 1. The molecule has 1 aromatic heterocycles. The summed E-state index contributed by atoms with van der Waals surface area (Å²) in [5.74, 6) is 0.0270. The maximum absolute atomic E-state index is 12.3. The number of carbonyl (C=O) groups is 2. The van der Waals surface area contributed by atoms with Crippen molar-refractivity contribution in [3.63, 3.8) is 0 Å². The smallest absolute Gasteiger partial charge is 0.341 e. The van der Waals surface area contributed by atoms with Crippen LogP contribution in [0.5, 0.6) is 5.75 Å². The minimum absolute atomic E-state index is 0.0397. The molecule has 0 aliphatic rings. The zero-order valence-electron chi connectivity index (χ0n) is 12.8. The third-order valence-corrected chi connectivity index (χ3v) is 4.25. The topological polar surface area (TPSA) is 64.6 Å². The predicted molar refractivity (Wildman–Crippen MR) is 94.7 cm³/mol. The molecule has 0 aliphatic heterocycles. The SMILES string of the molecule is CCOC(=O)c1c(-c2ccc(OC)cc2)csc1NC(=O)CS.